The van der Waals surface area contributed by atoms with Gasteiger partial charge in [0.15, 0.2) is 0 Å². The molecule has 0 saturated carbocycles. The number of nitrogens with zero attached hydrogens (tertiary/aromatic N) is 2. The van der Waals surface area contributed by atoms with Crippen molar-refractivity contribution in [2.24, 2.45) is 0 Å². The van der Waals surface area contributed by atoms with E-state index in [1.54, 1.807) is 0 Å². The molecule has 0 radical (unpaired) electrons. The highest BCUT2D eigenvalue weighted by molar-refractivity contribution is 6.14. The van der Waals surface area contributed by atoms with Crippen LogP contribution in [0.1, 0.15) is 0 Å². The second kappa shape index (κ2) is 16.2. The molecule has 70 heavy (non-hydrogen) atoms. The number of fused-ring (bicyclic) bond motifs is 8. The number of rotatable bonds is 7. The molecule has 2 nitrogen and oxygen atoms in total. The van der Waals surface area contributed by atoms with Crippen molar-refractivity contribution in [1.82, 2.24) is 9.13 Å². The van der Waals surface area contributed by atoms with Crippen LogP contribution in [0.4, 0.5) is 0 Å². The Bertz CT molecular complexity index is 3840. The lowest BCUT2D eigenvalue weighted by Crippen LogP contribution is -1.96. The molecule has 12 aromatic carbocycles. The minimum atomic E-state index is 1.16. The Kier molecular flexibility index (Phi) is 9.25. The molecule has 2 heterocycles. The van der Waals surface area contributed by atoms with Gasteiger partial charge >= 0.3 is 0 Å². The first-order chi connectivity index (χ1) is 34.7. The molecule has 0 fully saturated rings. The normalized spacial score (nSPS) is 11.7. The molecular weight excluding hydrogens is 845 g/mol. The lowest BCUT2D eigenvalue weighted by Gasteiger charge is -2.15. The summed E-state index contributed by atoms with van der Waals surface area (Å²) in [6.45, 7) is 0. The van der Waals surface area contributed by atoms with Crippen LogP contribution in [0.5, 0.6) is 0 Å². The first kappa shape index (κ1) is 39.9. The van der Waals surface area contributed by atoms with E-state index in [2.05, 4.69) is 276 Å². The van der Waals surface area contributed by atoms with Crippen molar-refractivity contribution in [3.63, 3.8) is 0 Å². The highest BCUT2D eigenvalue weighted by atomic mass is 15.0. The summed E-state index contributed by atoms with van der Waals surface area (Å²) in [5, 5.41) is 9.77. The molecule has 0 atom stereocenters. The minimum Gasteiger partial charge on any atom is -0.309 e. The van der Waals surface area contributed by atoms with Crippen molar-refractivity contribution < 1.29 is 0 Å². The second-order valence-corrected chi connectivity index (χ2v) is 18.5. The maximum absolute atomic E-state index is 2.48. The Morgan fingerprint density at radius 2 is 0.429 bits per heavy atom. The van der Waals surface area contributed by atoms with Gasteiger partial charge in [-0.25, -0.2) is 0 Å². The monoisotopic (exact) mass is 888 g/mol. The van der Waals surface area contributed by atoms with Gasteiger partial charge in [-0.2, -0.15) is 0 Å². The third kappa shape index (κ3) is 6.57. The van der Waals surface area contributed by atoms with Crippen LogP contribution in [0.25, 0.3) is 132 Å². The van der Waals surface area contributed by atoms with E-state index in [1.165, 1.54) is 121 Å². The third-order valence-electron chi connectivity index (χ3n) is 14.5. The molecule has 2 heteroatoms. The van der Waals surface area contributed by atoms with Gasteiger partial charge in [0, 0.05) is 32.3 Å². The molecule has 0 bridgehead atoms. The van der Waals surface area contributed by atoms with Crippen LogP contribution in [0, 0.1) is 0 Å². The van der Waals surface area contributed by atoms with Crippen molar-refractivity contribution in [1.29, 1.82) is 0 Å². The first-order valence-corrected chi connectivity index (χ1v) is 24.2. The van der Waals surface area contributed by atoms with Gasteiger partial charge in [0.05, 0.1) is 33.4 Å². The van der Waals surface area contributed by atoms with E-state index in [0.29, 0.717) is 0 Å². The van der Waals surface area contributed by atoms with Crippen LogP contribution in [-0.4, -0.2) is 9.13 Å². The molecule has 0 N–H and O–H groups in total. The third-order valence-corrected chi connectivity index (χ3v) is 14.5. The van der Waals surface area contributed by atoms with E-state index in [9.17, 15) is 0 Å². The van der Waals surface area contributed by atoms with Gasteiger partial charge in [-0.15, -0.1) is 0 Å². The number of aromatic nitrogens is 2. The zero-order valence-electron chi connectivity index (χ0n) is 38.3. The lowest BCUT2D eigenvalue weighted by atomic mass is 9.97. The van der Waals surface area contributed by atoms with Crippen LogP contribution in [0.2, 0.25) is 0 Å². The van der Waals surface area contributed by atoms with E-state index in [4.69, 9.17) is 0 Å². The van der Waals surface area contributed by atoms with Crippen LogP contribution < -0.4 is 0 Å². The number of hydrogen-bond acceptors (Lipinski definition) is 0. The van der Waals surface area contributed by atoms with Gasteiger partial charge < -0.3 is 9.13 Å². The molecule has 0 amide bonds. The standard InChI is InChI=1S/C68H44N2/c1-5-15-45(16-6-1)51-31-35-65-59(41-51)60-42-52(46-17-7-2-8-18-46)32-36-66(60)69(65)63-25-13-23-49-27-29-55(39-57(49)63)56-30-28-50-24-14-26-64(58(50)40-56)70-67-37-33-53(47-19-9-3-10-20-47)43-61(67)62-44-54(34-38-68(62)70)48-21-11-4-12-22-48/h1-44H. The summed E-state index contributed by atoms with van der Waals surface area (Å²) >= 11 is 0. The number of hydrogen-bond donors (Lipinski definition) is 0. The van der Waals surface area contributed by atoms with Gasteiger partial charge in [0.25, 0.3) is 0 Å². The fourth-order valence-corrected chi connectivity index (χ4v) is 11.1. The van der Waals surface area contributed by atoms with E-state index in [0.717, 1.165) is 11.4 Å². The summed E-state index contributed by atoms with van der Waals surface area (Å²) in [5.74, 6) is 0. The van der Waals surface area contributed by atoms with Crippen molar-refractivity contribution in [2.45, 2.75) is 0 Å². The summed E-state index contributed by atoms with van der Waals surface area (Å²) in [4.78, 5) is 0. The molecule has 0 aliphatic rings. The Hall–Kier alpha value is -9.24. The molecule has 2 aromatic heterocycles. The minimum absolute atomic E-state index is 1.16. The summed E-state index contributed by atoms with van der Waals surface area (Å²) in [7, 11) is 0. The highest BCUT2D eigenvalue weighted by Crippen LogP contribution is 2.42. The predicted molar refractivity (Wildman–Crippen MR) is 297 cm³/mol. The smallest absolute Gasteiger partial charge is 0.0541 e. The van der Waals surface area contributed by atoms with Crippen LogP contribution in [-0.2, 0) is 0 Å². The van der Waals surface area contributed by atoms with Crippen molar-refractivity contribution in [3.8, 4) is 67.0 Å². The van der Waals surface area contributed by atoms with Gasteiger partial charge in [0.1, 0.15) is 0 Å². The van der Waals surface area contributed by atoms with E-state index >= 15 is 0 Å². The average molecular weight is 889 g/mol. The quantitative estimate of drug-likeness (QED) is 0.151. The maximum Gasteiger partial charge on any atom is 0.0541 e. The van der Waals surface area contributed by atoms with Crippen molar-refractivity contribution in [3.05, 3.63) is 267 Å². The lowest BCUT2D eigenvalue weighted by molar-refractivity contribution is 1.20. The molecule has 0 saturated heterocycles. The fourth-order valence-electron chi connectivity index (χ4n) is 11.1. The van der Waals surface area contributed by atoms with Crippen LogP contribution in [0.3, 0.4) is 0 Å². The van der Waals surface area contributed by atoms with E-state index < -0.39 is 0 Å². The summed E-state index contributed by atoms with van der Waals surface area (Å²) in [6.07, 6.45) is 0. The highest BCUT2D eigenvalue weighted by Gasteiger charge is 2.19. The molecule has 326 valence electrons. The van der Waals surface area contributed by atoms with Gasteiger partial charge in [-0.3, -0.25) is 0 Å². The Morgan fingerprint density at radius 3 is 0.729 bits per heavy atom. The largest absolute Gasteiger partial charge is 0.309 e. The van der Waals surface area contributed by atoms with Crippen LogP contribution in [0.15, 0.2) is 267 Å². The average Bonchev–Trinajstić information content (AvgIpc) is 3.94. The van der Waals surface area contributed by atoms with E-state index in [-0.39, 0.29) is 0 Å². The van der Waals surface area contributed by atoms with Crippen LogP contribution >= 0.6 is 0 Å². The zero-order chi connectivity index (χ0) is 46.1. The molecule has 0 spiro atoms. The zero-order valence-corrected chi connectivity index (χ0v) is 38.3. The molecule has 0 aliphatic carbocycles. The summed E-state index contributed by atoms with van der Waals surface area (Å²) in [6, 6.07) is 98.1. The molecular formula is C68H44N2. The van der Waals surface area contributed by atoms with Crippen molar-refractivity contribution in [2.75, 3.05) is 0 Å². The maximum atomic E-state index is 2.48. The first-order valence-electron chi connectivity index (χ1n) is 24.2. The Balaban J connectivity index is 0.944. The Labute approximate surface area is 406 Å². The predicted octanol–water partition coefficient (Wildman–Crippen LogP) is 18.5. The molecule has 14 rings (SSSR count). The van der Waals surface area contributed by atoms with Gasteiger partial charge in [-0.1, -0.05) is 194 Å². The SMILES string of the molecule is c1ccc(-c2ccc3c(c2)c2cc(-c4ccccc4)ccc2n3-c2cccc3ccc(-c4ccc5cccc(-n6c7ccc(-c8ccccc8)cc7c7cc(-c8ccccc8)ccc76)c5c4)cc23)cc1. The number of benzene rings is 12. The molecule has 14 aromatic rings. The fraction of sp³-hybridized carbons (Fsp3) is 0. The summed E-state index contributed by atoms with van der Waals surface area (Å²) < 4.78 is 4.96. The summed E-state index contributed by atoms with van der Waals surface area (Å²) in [5.41, 5.74) is 19.1. The van der Waals surface area contributed by atoms with Gasteiger partial charge in [0.2, 0.25) is 0 Å². The van der Waals surface area contributed by atoms with E-state index in [1.807, 2.05) is 0 Å². The van der Waals surface area contributed by atoms with Gasteiger partial charge in [-0.05, 0) is 139 Å². The molecule has 0 aliphatic heterocycles. The Morgan fingerprint density at radius 1 is 0.171 bits per heavy atom. The topological polar surface area (TPSA) is 9.86 Å². The van der Waals surface area contributed by atoms with Crippen molar-refractivity contribution >= 4 is 65.2 Å². The molecule has 0 unspecified atom stereocenters. The second-order valence-electron chi connectivity index (χ2n) is 18.5.